The third-order valence-electron chi connectivity index (χ3n) is 5.05. The summed E-state index contributed by atoms with van der Waals surface area (Å²) in [6.07, 6.45) is 3.73. The van der Waals surface area contributed by atoms with Gasteiger partial charge in [0.2, 0.25) is 0 Å². The first-order chi connectivity index (χ1) is 12.9. The predicted octanol–water partition coefficient (Wildman–Crippen LogP) is 2.77. The number of ether oxygens (including phenoxy) is 2. The van der Waals surface area contributed by atoms with E-state index >= 15 is 0 Å². The number of hydrogen-bond acceptors (Lipinski definition) is 7. The third-order valence-corrected chi connectivity index (χ3v) is 6.76. The van der Waals surface area contributed by atoms with Gasteiger partial charge in [0, 0.05) is 10.6 Å². The molecule has 0 saturated heterocycles. The second-order valence-electron chi connectivity index (χ2n) is 6.49. The van der Waals surface area contributed by atoms with Gasteiger partial charge in [-0.2, -0.15) is 5.10 Å². The molecule has 0 aliphatic carbocycles. The van der Waals surface area contributed by atoms with E-state index in [1.165, 1.54) is 26.0 Å². The standard InChI is InChI=1S/C19H17ClN2O4S/c1-10-8-15-19(18(24)26-3)13(17(23)25-2)9-14(10)22(15)21-16(27-19)11-4-6-12(20)7-5-11/h4-9,14-15H,1-3H3. The first-order valence-corrected chi connectivity index (χ1v) is 9.51. The first kappa shape index (κ1) is 18.1. The lowest BCUT2D eigenvalue weighted by Gasteiger charge is -2.47. The number of benzene rings is 1. The number of esters is 2. The average molecular weight is 405 g/mol. The number of thioether (sulfide) groups is 1. The summed E-state index contributed by atoms with van der Waals surface area (Å²) >= 11 is 7.21. The van der Waals surface area contributed by atoms with Crippen molar-refractivity contribution < 1.29 is 19.1 Å². The van der Waals surface area contributed by atoms with Crippen LogP contribution in [0.2, 0.25) is 5.02 Å². The van der Waals surface area contributed by atoms with Gasteiger partial charge >= 0.3 is 11.9 Å². The average Bonchev–Trinajstić information content (AvgIpc) is 2.91. The smallest absolute Gasteiger partial charge is 0.335 e. The number of halogens is 1. The molecule has 0 saturated carbocycles. The van der Waals surface area contributed by atoms with Crippen LogP contribution >= 0.6 is 23.4 Å². The van der Waals surface area contributed by atoms with Crippen molar-refractivity contribution in [2.45, 2.75) is 23.8 Å². The largest absolute Gasteiger partial charge is 0.468 e. The van der Waals surface area contributed by atoms with Crippen molar-refractivity contribution in [3.05, 3.63) is 58.1 Å². The Morgan fingerprint density at radius 2 is 1.89 bits per heavy atom. The highest BCUT2D eigenvalue weighted by Crippen LogP contribution is 2.53. The molecule has 0 amide bonds. The number of methoxy groups -OCH3 is 2. The molecule has 0 N–H and O–H groups in total. The van der Waals surface area contributed by atoms with Crippen molar-refractivity contribution in [3.8, 4) is 0 Å². The fraction of sp³-hybridized carbons (Fsp3) is 0.316. The Balaban J connectivity index is 1.91. The highest BCUT2D eigenvalue weighted by molar-refractivity contribution is 8.16. The third kappa shape index (κ3) is 2.52. The van der Waals surface area contributed by atoms with E-state index in [1.807, 2.05) is 30.1 Å². The highest BCUT2D eigenvalue weighted by atomic mass is 35.5. The molecular weight excluding hydrogens is 388 g/mol. The number of carbonyl (C=O) groups is 2. The van der Waals surface area contributed by atoms with Gasteiger partial charge in [0.15, 0.2) is 4.75 Å². The normalized spacial score (nSPS) is 28.1. The quantitative estimate of drug-likeness (QED) is 0.570. The topological polar surface area (TPSA) is 68.2 Å². The molecule has 3 aliphatic rings. The van der Waals surface area contributed by atoms with E-state index in [1.54, 1.807) is 18.2 Å². The Kier molecular flexibility index (Phi) is 4.31. The summed E-state index contributed by atoms with van der Waals surface area (Å²) in [6, 6.07) is 6.58. The second-order valence-corrected chi connectivity index (χ2v) is 8.16. The van der Waals surface area contributed by atoms with Crippen LogP contribution in [0.1, 0.15) is 12.5 Å². The number of nitrogens with zero attached hydrogens (tertiary/aromatic N) is 2. The van der Waals surface area contributed by atoms with Gasteiger partial charge in [0.05, 0.1) is 31.9 Å². The molecule has 1 aromatic rings. The summed E-state index contributed by atoms with van der Waals surface area (Å²) in [4.78, 5) is 25.6. The van der Waals surface area contributed by atoms with E-state index < -0.39 is 22.7 Å². The minimum absolute atomic E-state index is 0.204. The van der Waals surface area contributed by atoms with E-state index in [-0.39, 0.29) is 6.04 Å². The van der Waals surface area contributed by atoms with Crippen molar-refractivity contribution in [2.24, 2.45) is 5.10 Å². The van der Waals surface area contributed by atoms with Crippen LogP contribution in [0, 0.1) is 0 Å². The van der Waals surface area contributed by atoms with E-state index in [9.17, 15) is 9.59 Å². The Labute approximate surface area is 165 Å². The first-order valence-electron chi connectivity index (χ1n) is 8.31. The molecule has 0 fully saturated rings. The van der Waals surface area contributed by atoms with Gasteiger partial charge in [-0.05, 0) is 30.7 Å². The summed E-state index contributed by atoms with van der Waals surface area (Å²) in [7, 11) is 2.63. The maximum atomic E-state index is 13.0. The summed E-state index contributed by atoms with van der Waals surface area (Å²) in [5, 5.41) is 7.86. The highest BCUT2D eigenvalue weighted by Gasteiger charge is 2.63. The van der Waals surface area contributed by atoms with Crippen LogP contribution in [0.4, 0.5) is 0 Å². The van der Waals surface area contributed by atoms with Crippen molar-refractivity contribution in [1.82, 2.24) is 5.01 Å². The zero-order valence-electron chi connectivity index (χ0n) is 14.9. The number of rotatable bonds is 3. The lowest BCUT2D eigenvalue weighted by molar-refractivity contribution is -0.147. The molecule has 3 heterocycles. The summed E-state index contributed by atoms with van der Waals surface area (Å²) < 4.78 is 8.84. The molecule has 27 heavy (non-hydrogen) atoms. The molecule has 3 unspecified atom stereocenters. The molecule has 4 rings (SSSR count). The van der Waals surface area contributed by atoms with Gasteiger partial charge in [-0.1, -0.05) is 41.6 Å². The Hall–Kier alpha value is -2.25. The minimum atomic E-state index is -1.28. The van der Waals surface area contributed by atoms with Crippen LogP contribution in [0.5, 0.6) is 0 Å². The van der Waals surface area contributed by atoms with E-state index in [0.717, 1.165) is 11.1 Å². The van der Waals surface area contributed by atoms with Gasteiger partial charge < -0.3 is 9.47 Å². The number of carbonyl (C=O) groups excluding carboxylic acids is 2. The minimum Gasteiger partial charge on any atom is -0.468 e. The van der Waals surface area contributed by atoms with Crippen LogP contribution in [0.25, 0.3) is 0 Å². The molecule has 0 aromatic heterocycles. The zero-order chi connectivity index (χ0) is 19.3. The molecule has 6 nitrogen and oxygen atoms in total. The van der Waals surface area contributed by atoms with E-state index in [4.69, 9.17) is 26.2 Å². The van der Waals surface area contributed by atoms with Gasteiger partial charge in [-0.3, -0.25) is 9.80 Å². The molecule has 8 heteroatoms. The second kappa shape index (κ2) is 6.42. The van der Waals surface area contributed by atoms with Crippen molar-refractivity contribution >= 4 is 40.3 Å². The molecule has 0 spiro atoms. The molecule has 3 aliphatic heterocycles. The Morgan fingerprint density at radius 3 is 2.52 bits per heavy atom. The van der Waals surface area contributed by atoms with Gasteiger partial charge in [-0.25, -0.2) is 4.79 Å². The molecule has 0 radical (unpaired) electrons. The summed E-state index contributed by atoms with van der Waals surface area (Å²) in [5.74, 6) is -1.05. The van der Waals surface area contributed by atoms with Crippen LogP contribution in [-0.2, 0) is 19.1 Å². The monoisotopic (exact) mass is 404 g/mol. The fourth-order valence-corrected chi connectivity index (χ4v) is 5.28. The van der Waals surface area contributed by atoms with Crippen molar-refractivity contribution in [2.75, 3.05) is 14.2 Å². The Morgan fingerprint density at radius 1 is 1.19 bits per heavy atom. The zero-order valence-corrected chi connectivity index (χ0v) is 16.5. The lowest BCUT2D eigenvalue weighted by Crippen LogP contribution is -2.61. The lowest BCUT2D eigenvalue weighted by atomic mass is 9.87. The predicted molar refractivity (Wildman–Crippen MR) is 104 cm³/mol. The number of hydrogen-bond donors (Lipinski definition) is 0. The molecular formula is C19H17ClN2O4S. The summed E-state index contributed by atoms with van der Waals surface area (Å²) in [5.41, 5.74) is 2.13. The van der Waals surface area contributed by atoms with Crippen LogP contribution in [0.3, 0.4) is 0 Å². The maximum Gasteiger partial charge on any atom is 0.335 e. The maximum absolute atomic E-state index is 13.0. The number of hydrazone groups is 1. The molecule has 1 aromatic carbocycles. The Bertz CT molecular complexity index is 924. The van der Waals surface area contributed by atoms with E-state index in [2.05, 4.69) is 0 Å². The summed E-state index contributed by atoms with van der Waals surface area (Å²) in [6.45, 7) is 1.96. The van der Waals surface area contributed by atoms with Gasteiger partial charge in [0.1, 0.15) is 5.04 Å². The van der Waals surface area contributed by atoms with Crippen molar-refractivity contribution in [1.29, 1.82) is 0 Å². The van der Waals surface area contributed by atoms with Crippen LogP contribution < -0.4 is 0 Å². The van der Waals surface area contributed by atoms with Crippen molar-refractivity contribution in [3.63, 3.8) is 0 Å². The fourth-order valence-electron chi connectivity index (χ4n) is 3.74. The SMILES string of the molecule is COC(=O)C1=CC2C(C)=CC3N2N=C(c2ccc(Cl)cc2)SC13C(=O)OC. The van der Waals surface area contributed by atoms with E-state index in [0.29, 0.717) is 15.6 Å². The van der Waals surface area contributed by atoms with Gasteiger partial charge in [-0.15, -0.1) is 0 Å². The van der Waals surface area contributed by atoms with Crippen LogP contribution in [0.15, 0.2) is 52.7 Å². The molecule has 4 bridgehead atoms. The molecule has 140 valence electrons. The molecule has 3 atom stereocenters. The van der Waals surface area contributed by atoms with Crippen LogP contribution in [-0.4, -0.2) is 53.0 Å². The van der Waals surface area contributed by atoms with Gasteiger partial charge in [0.25, 0.3) is 0 Å².